The summed E-state index contributed by atoms with van der Waals surface area (Å²) in [7, 11) is 0. The molecule has 0 saturated carbocycles. The summed E-state index contributed by atoms with van der Waals surface area (Å²) in [6.07, 6.45) is 1.50. The standard InChI is InChI=1S/C14H13BrN2O2/c1-9(10-5-2-3-7-12(10)15)17-14(19)11-6-4-8-16-13(11)18/h2-9H,1H3,(H,16,18)(H,17,19)/t9-/m1/s1. The number of aromatic nitrogens is 1. The summed E-state index contributed by atoms with van der Waals surface area (Å²) in [6.45, 7) is 1.87. The first-order chi connectivity index (χ1) is 9.09. The van der Waals surface area contributed by atoms with Crippen molar-refractivity contribution < 1.29 is 4.79 Å². The molecule has 1 amide bonds. The lowest BCUT2D eigenvalue weighted by Gasteiger charge is -2.15. The first kappa shape index (κ1) is 13.5. The molecule has 0 saturated heterocycles. The summed E-state index contributed by atoms with van der Waals surface area (Å²) in [5.41, 5.74) is 0.684. The van der Waals surface area contributed by atoms with Crippen molar-refractivity contribution in [3.8, 4) is 0 Å². The Hall–Kier alpha value is -1.88. The number of halogens is 1. The molecule has 1 heterocycles. The van der Waals surface area contributed by atoms with Gasteiger partial charge in [-0.2, -0.15) is 0 Å². The molecule has 1 atom stereocenters. The minimum Gasteiger partial charge on any atom is -0.345 e. The number of pyridine rings is 1. The highest BCUT2D eigenvalue weighted by molar-refractivity contribution is 9.10. The normalized spacial score (nSPS) is 11.9. The number of carbonyl (C=O) groups excluding carboxylic acids is 1. The minimum atomic E-state index is -0.390. The zero-order chi connectivity index (χ0) is 13.8. The molecule has 1 aromatic heterocycles. The molecular formula is C14H13BrN2O2. The van der Waals surface area contributed by atoms with Gasteiger partial charge in [-0.15, -0.1) is 0 Å². The van der Waals surface area contributed by atoms with E-state index in [1.54, 1.807) is 6.07 Å². The van der Waals surface area contributed by atoms with E-state index in [-0.39, 0.29) is 23.1 Å². The van der Waals surface area contributed by atoms with Gasteiger partial charge in [0, 0.05) is 10.7 Å². The van der Waals surface area contributed by atoms with Gasteiger partial charge in [0.15, 0.2) is 0 Å². The van der Waals surface area contributed by atoms with Gasteiger partial charge in [0.25, 0.3) is 11.5 Å². The van der Waals surface area contributed by atoms with Crippen LogP contribution in [0.1, 0.15) is 28.9 Å². The van der Waals surface area contributed by atoms with Crippen LogP contribution in [0.4, 0.5) is 0 Å². The van der Waals surface area contributed by atoms with Crippen molar-refractivity contribution in [2.24, 2.45) is 0 Å². The minimum absolute atomic E-state index is 0.112. The van der Waals surface area contributed by atoms with Crippen LogP contribution >= 0.6 is 15.9 Å². The Kier molecular flexibility index (Phi) is 4.16. The van der Waals surface area contributed by atoms with E-state index in [0.717, 1.165) is 10.0 Å². The lowest BCUT2D eigenvalue weighted by atomic mass is 10.1. The molecule has 0 aliphatic rings. The fraction of sp³-hybridized carbons (Fsp3) is 0.143. The molecule has 0 unspecified atom stereocenters. The molecule has 2 aromatic rings. The van der Waals surface area contributed by atoms with Gasteiger partial charge >= 0.3 is 0 Å². The number of rotatable bonds is 3. The third kappa shape index (κ3) is 3.12. The molecule has 2 rings (SSSR count). The number of hydrogen-bond acceptors (Lipinski definition) is 2. The summed E-state index contributed by atoms with van der Waals surface area (Å²) in [4.78, 5) is 26.0. The molecule has 0 aliphatic heterocycles. The van der Waals surface area contributed by atoms with E-state index < -0.39 is 0 Å². The second-order valence-electron chi connectivity index (χ2n) is 4.13. The molecular weight excluding hydrogens is 308 g/mol. The maximum atomic E-state index is 12.0. The molecule has 19 heavy (non-hydrogen) atoms. The van der Waals surface area contributed by atoms with Crippen LogP contribution in [0.5, 0.6) is 0 Å². The van der Waals surface area contributed by atoms with Crippen LogP contribution in [0.2, 0.25) is 0 Å². The highest BCUT2D eigenvalue weighted by Gasteiger charge is 2.15. The average Bonchev–Trinajstić information content (AvgIpc) is 2.39. The summed E-state index contributed by atoms with van der Waals surface area (Å²) >= 11 is 3.44. The number of benzene rings is 1. The topological polar surface area (TPSA) is 62.0 Å². The Morgan fingerprint density at radius 2 is 2.00 bits per heavy atom. The molecule has 2 N–H and O–H groups in total. The van der Waals surface area contributed by atoms with E-state index in [9.17, 15) is 9.59 Å². The zero-order valence-corrected chi connectivity index (χ0v) is 11.9. The predicted octanol–water partition coefficient (Wildman–Crippen LogP) is 2.63. The van der Waals surface area contributed by atoms with Crippen LogP contribution in [0, 0.1) is 0 Å². The van der Waals surface area contributed by atoms with Gasteiger partial charge in [0.05, 0.1) is 6.04 Å². The largest absolute Gasteiger partial charge is 0.345 e. The van der Waals surface area contributed by atoms with Crippen LogP contribution in [0.15, 0.2) is 51.9 Å². The molecule has 0 bridgehead atoms. The maximum absolute atomic E-state index is 12.0. The van der Waals surface area contributed by atoms with Crippen molar-refractivity contribution in [3.05, 3.63) is 68.5 Å². The molecule has 0 fully saturated rings. The third-order valence-corrected chi connectivity index (χ3v) is 3.50. The number of nitrogens with one attached hydrogen (secondary N) is 2. The first-order valence-corrected chi connectivity index (χ1v) is 6.62. The summed E-state index contributed by atoms with van der Waals surface area (Å²) in [5, 5.41) is 2.81. The second-order valence-corrected chi connectivity index (χ2v) is 4.98. The van der Waals surface area contributed by atoms with Crippen LogP contribution in [-0.2, 0) is 0 Å². The summed E-state index contributed by atoms with van der Waals surface area (Å²) in [5.74, 6) is -0.384. The third-order valence-electron chi connectivity index (χ3n) is 2.78. The van der Waals surface area contributed by atoms with Crippen LogP contribution in [0.25, 0.3) is 0 Å². The molecule has 1 aromatic carbocycles. The van der Waals surface area contributed by atoms with Crippen molar-refractivity contribution in [1.29, 1.82) is 0 Å². The van der Waals surface area contributed by atoms with E-state index in [2.05, 4.69) is 26.2 Å². The van der Waals surface area contributed by atoms with Crippen molar-refractivity contribution in [2.45, 2.75) is 13.0 Å². The Labute approximate surface area is 119 Å². The van der Waals surface area contributed by atoms with Gasteiger partial charge in [-0.25, -0.2) is 0 Å². The number of hydrogen-bond donors (Lipinski definition) is 2. The fourth-order valence-electron chi connectivity index (χ4n) is 1.78. The molecule has 0 radical (unpaired) electrons. The summed E-state index contributed by atoms with van der Waals surface area (Å²) < 4.78 is 0.921. The highest BCUT2D eigenvalue weighted by atomic mass is 79.9. The Morgan fingerprint density at radius 3 is 2.68 bits per heavy atom. The van der Waals surface area contributed by atoms with Gasteiger partial charge in [-0.3, -0.25) is 9.59 Å². The van der Waals surface area contributed by atoms with E-state index in [1.165, 1.54) is 12.3 Å². The van der Waals surface area contributed by atoms with Crippen LogP contribution in [0.3, 0.4) is 0 Å². The summed E-state index contributed by atoms with van der Waals surface area (Å²) in [6, 6.07) is 10.6. The number of amides is 1. The maximum Gasteiger partial charge on any atom is 0.260 e. The van der Waals surface area contributed by atoms with Gasteiger partial charge in [-0.1, -0.05) is 34.1 Å². The van der Waals surface area contributed by atoms with Crippen molar-refractivity contribution in [2.75, 3.05) is 0 Å². The molecule has 5 heteroatoms. The average molecular weight is 321 g/mol. The lowest BCUT2D eigenvalue weighted by molar-refractivity contribution is 0.0938. The smallest absolute Gasteiger partial charge is 0.260 e. The zero-order valence-electron chi connectivity index (χ0n) is 10.3. The van der Waals surface area contributed by atoms with Gasteiger partial charge in [0.2, 0.25) is 0 Å². The van der Waals surface area contributed by atoms with E-state index in [1.807, 2.05) is 31.2 Å². The SMILES string of the molecule is C[C@@H](NC(=O)c1ccc[nH]c1=O)c1ccccc1Br. The molecule has 98 valence electrons. The monoisotopic (exact) mass is 320 g/mol. The Morgan fingerprint density at radius 1 is 1.26 bits per heavy atom. The van der Waals surface area contributed by atoms with Crippen molar-refractivity contribution in [3.63, 3.8) is 0 Å². The van der Waals surface area contributed by atoms with Gasteiger partial charge in [-0.05, 0) is 30.7 Å². The van der Waals surface area contributed by atoms with Crippen LogP contribution in [-0.4, -0.2) is 10.9 Å². The molecule has 0 spiro atoms. The van der Waals surface area contributed by atoms with E-state index >= 15 is 0 Å². The molecule has 0 aliphatic carbocycles. The molecule has 4 nitrogen and oxygen atoms in total. The second kappa shape index (κ2) is 5.84. The number of aromatic amines is 1. The number of H-pyrrole nitrogens is 1. The fourth-order valence-corrected chi connectivity index (χ4v) is 2.41. The predicted molar refractivity (Wildman–Crippen MR) is 77.1 cm³/mol. The van der Waals surface area contributed by atoms with Crippen LogP contribution < -0.4 is 10.9 Å². The van der Waals surface area contributed by atoms with Crippen molar-refractivity contribution >= 4 is 21.8 Å². The first-order valence-electron chi connectivity index (χ1n) is 5.82. The van der Waals surface area contributed by atoms with E-state index in [0.29, 0.717) is 0 Å². The Bertz CT molecular complexity index is 652. The van der Waals surface area contributed by atoms with E-state index in [4.69, 9.17) is 0 Å². The van der Waals surface area contributed by atoms with Gasteiger partial charge in [0.1, 0.15) is 5.56 Å². The Balaban J connectivity index is 2.18. The highest BCUT2D eigenvalue weighted by Crippen LogP contribution is 2.22. The van der Waals surface area contributed by atoms with Crippen molar-refractivity contribution in [1.82, 2.24) is 10.3 Å². The van der Waals surface area contributed by atoms with Gasteiger partial charge < -0.3 is 10.3 Å². The quantitative estimate of drug-likeness (QED) is 0.913. The number of carbonyl (C=O) groups is 1. The lowest BCUT2D eigenvalue weighted by Crippen LogP contribution is -2.31.